The summed E-state index contributed by atoms with van der Waals surface area (Å²) in [6.45, 7) is 3.39. The van der Waals surface area contributed by atoms with Gasteiger partial charge in [-0.2, -0.15) is 0 Å². The third-order valence-electron chi connectivity index (χ3n) is 3.86. The summed E-state index contributed by atoms with van der Waals surface area (Å²) in [4.78, 5) is 2.54. The topological polar surface area (TPSA) is 3.24 Å². The van der Waals surface area contributed by atoms with Crippen molar-refractivity contribution in [2.75, 3.05) is 13.1 Å². The van der Waals surface area contributed by atoms with Crippen molar-refractivity contribution in [3.05, 3.63) is 70.7 Å². The van der Waals surface area contributed by atoms with E-state index in [0.29, 0.717) is 5.92 Å². The van der Waals surface area contributed by atoms with Crippen LogP contribution in [-0.2, 0) is 6.54 Å². The van der Waals surface area contributed by atoms with Crippen LogP contribution in [0.2, 0.25) is 5.02 Å². The highest BCUT2D eigenvalue weighted by Crippen LogP contribution is 2.28. The van der Waals surface area contributed by atoms with Gasteiger partial charge in [0.2, 0.25) is 0 Å². The van der Waals surface area contributed by atoms with Crippen LogP contribution in [0.15, 0.2) is 54.6 Å². The Bertz CT molecular complexity index is 521. The first-order chi connectivity index (χ1) is 9.31. The summed E-state index contributed by atoms with van der Waals surface area (Å²) in [6.07, 6.45) is 1.24. The number of hydrogen-bond donors (Lipinski definition) is 0. The minimum Gasteiger partial charge on any atom is -0.298 e. The molecule has 0 spiro atoms. The lowest BCUT2D eigenvalue weighted by Gasteiger charge is -2.16. The predicted molar refractivity (Wildman–Crippen MR) is 80.5 cm³/mol. The first-order valence-electron chi connectivity index (χ1n) is 6.83. The highest BCUT2D eigenvalue weighted by atomic mass is 35.5. The maximum Gasteiger partial charge on any atom is 0.0406 e. The van der Waals surface area contributed by atoms with Gasteiger partial charge in [0.25, 0.3) is 0 Å². The molecule has 2 heteroatoms. The summed E-state index contributed by atoms with van der Waals surface area (Å²) in [5.41, 5.74) is 2.82. The summed E-state index contributed by atoms with van der Waals surface area (Å²) in [7, 11) is 0. The molecule has 98 valence electrons. The van der Waals surface area contributed by atoms with Crippen molar-refractivity contribution in [2.45, 2.75) is 18.9 Å². The second-order valence-corrected chi connectivity index (χ2v) is 5.69. The lowest BCUT2D eigenvalue weighted by molar-refractivity contribution is 0.327. The molecule has 1 nitrogen and oxygen atoms in total. The zero-order valence-electron chi connectivity index (χ0n) is 10.9. The molecule has 0 unspecified atom stereocenters. The van der Waals surface area contributed by atoms with Gasteiger partial charge in [0, 0.05) is 18.1 Å². The van der Waals surface area contributed by atoms with Crippen LogP contribution in [0.25, 0.3) is 0 Å². The quantitative estimate of drug-likeness (QED) is 0.803. The van der Waals surface area contributed by atoms with Crippen molar-refractivity contribution in [3.8, 4) is 0 Å². The van der Waals surface area contributed by atoms with Gasteiger partial charge in [0.05, 0.1) is 0 Å². The number of benzene rings is 2. The van der Waals surface area contributed by atoms with Gasteiger partial charge in [-0.25, -0.2) is 0 Å². The standard InChI is InChI=1S/C17H18ClN/c18-17-8-6-15(7-9-17)16-10-11-19(13-16)12-14-4-2-1-3-5-14/h1-9,16H,10-13H2/t16-/m0/s1. The van der Waals surface area contributed by atoms with Gasteiger partial charge in [-0.1, -0.05) is 54.1 Å². The van der Waals surface area contributed by atoms with Crippen molar-refractivity contribution in [1.29, 1.82) is 0 Å². The van der Waals surface area contributed by atoms with Crippen molar-refractivity contribution < 1.29 is 0 Å². The van der Waals surface area contributed by atoms with Gasteiger partial charge in [-0.15, -0.1) is 0 Å². The maximum absolute atomic E-state index is 5.94. The molecule has 0 amide bonds. The molecule has 0 saturated carbocycles. The minimum atomic E-state index is 0.654. The van der Waals surface area contributed by atoms with Crippen LogP contribution in [0.5, 0.6) is 0 Å². The van der Waals surface area contributed by atoms with E-state index in [1.807, 2.05) is 12.1 Å². The van der Waals surface area contributed by atoms with Crippen LogP contribution in [-0.4, -0.2) is 18.0 Å². The molecule has 1 saturated heterocycles. The van der Waals surface area contributed by atoms with E-state index in [-0.39, 0.29) is 0 Å². The number of halogens is 1. The van der Waals surface area contributed by atoms with Gasteiger partial charge < -0.3 is 0 Å². The van der Waals surface area contributed by atoms with Crippen molar-refractivity contribution in [2.24, 2.45) is 0 Å². The number of rotatable bonds is 3. The molecular weight excluding hydrogens is 254 g/mol. The summed E-state index contributed by atoms with van der Waals surface area (Å²) < 4.78 is 0. The SMILES string of the molecule is Clc1ccc([C@H]2CCN(Cc3ccccc3)C2)cc1. The number of nitrogens with zero attached hydrogens (tertiary/aromatic N) is 1. The highest BCUT2D eigenvalue weighted by Gasteiger charge is 2.23. The fourth-order valence-electron chi connectivity index (χ4n) is 2.82. The third kappa shape index (κ3) is 3.17. The predicted octanol–water partition coefficient (Wildman–Crippen LogP) is 4.33. The Labute approximate surface area is 119 Å². The zero-order valence-corrected chi connectivity index (χ0v) is 11.7. The monoisotopic (exact) mass is 271 g/mol. The average molecular weight is 272 g/mol. The van der Waals surface area contributed by atoms with Crippen LogP contribution in [0.3, 0.4) is 0 Å². The molecule has 3 rings (SSSR count). The van der Waals surface area contributed by atoms with E-state index in [1.165, 1.54) is 24.1 Å². The normalized spacial score (nSPS) is 19.7. The van der Waals surface area contributed by atoms with Crippen LogP contribution in [0.4, 0.5) is 0 Å². The Morgan fingerprint density at radius 1 is 1.00 bits per heavy atom. The Balaban J connectivity index is 1.62. The van der Waals surface area contributed by atoms with Crippen molar-refractivity contribution >= 4 is 11.6 Å². The van der Waals surface area contributed by atoms with Crippen LogP contribution < -0.4 is 0 Å². The lowest BCUT2D eigenvalue weighted by atomic mass is 9.99. The molecule has 2 aromatic carbocycles. The summed E-state index contributed by atoms with van der Waals surface area (Å²) >= 11 is 5.94. The van der Waals surface area contributed by atoms with Gasteiger partial charge in [-0.3, -0.25) is 4.90 Å². The van der Waals surface area contributed by atoms with Gasteiger partial charge >= 0.3 is 0 Å². The summed E-state index contributed by atoms with van der Waals surface area (Å²) in [5, 5.41) is 0.822. The average Bonchev–Trinajstić information content (AvgIpc) is 2.89. The molecule has 0 bridgehead atoms. The van der Waals surface area contributed by atoms with E-state index < -0.39 is 0 Å². The molecular formula is C17H18ClN. The second kappa shape index (κ2) is 5.77. The molecule has 1 aliphatic heterocycles. The van der Waals surface area contributed by atoms with E-state index in [9.17, 15) is 0 Å². The zero-order chi connectivity index (χ0) is 13.1. The molecule has 0 N–H and O–H groups in total. The molecule has 19 heavy (non-hydrogen) atoms. The van der Waals surface area contributed by atoms with Crippen LogP contribution in [0, 0.1) is 0 Å². The maximum atomic E-state index is 5.94. The minimum absolute atomic E-state index is 0.654. The fraction of sp³-hybridized carbons (Fsp3) is 0.294. The Hall–Kier alpha value is -1.31. The van der Waals surface area contributed by atoms with E-state index in [0.717, 1.165) is 18.1 Å². The van der Waals surface area contributed by atoms with Crippen molar-refractivity contribution in [1.82, 2.24) is 4.90 Å². The molecule has 1 fully saturated rings. The summed E-state index contributed by atoms with van der Waals surface area (Å²) in [5.74, 6) is 0.654. The number of hydrogen-bond acceptors (Lipinski definition) is 1. The largest absolute Gasteiger partial charge is 0.298 e. The molecule has 0 aromatic heterocycles. The first-order valence-corrected chi connectivity index (χ1v) is 7.21. The van der Waals surface area contributed by atoms with Gasteiger partial charge in [0.15, 0.2) is 0 Å². The second-order valence-electron chi connectivity index (χ2n) is 5.26. The van der Waals surface area contributed by atoms with E-state index in [4.69, 9.17) is 11.6 Å². The van der Waals surface area contributed by atoms with Crippen molar-refractivity contribution in [3.63, 3.8) is 0 Å². The van der Waals surface area contributed by atoms with E-state index in [2.05, 4.69) is 47.4 Å². The summed E-state index contributed by atoms with van der Waals surface area (Å²) in [6, 6.07) is 19.0. The smallest absolute Gasteiger partial charge is 0.0406 e. The molecule has 1 atom stereocenters. The van der Waals surface area contributed by atoms with Crippen LogP contribution >= 0.6 is 11.6 Å². The molecule has 1 aliphatic rings. The Kier molecular flexibility index (Phi) is 3.86. The van der Waals surface area contributed by atoms with Gasteiger partial charge in [0.1, 0.15) is 0 Å². The highest BCUT2D eigenvalue weighted by molar-refractivity contribution is 6.30. The molecule has 0 aliphatic carbocycles. The Morgan fingerprint density at radius 3 is 2.47 bits per heavy atom. The molecule has 1 heterocycles. The van der Waals surface area contributed by atoms with Gasteiger partial charge in [-0.05, 0) is 42.1 Å². The Morgan fingerprint density at radius 2 is 1.74 bits per heavy atom. The number of likely N-dealkylation sites (tertiary alicyclic amines) is 1. The first kappa shape index (κ1) is 12.7. The van der Waals surface area contributed by atoms with E-state index in [1.54, 1.807) is 0 Å². The fourth-order valence-corrected chi connectivity index (χ4v) is 2.95. The molecule has 2 aromatic rings. The lowest BCUT2D eigenvalue weighted by Crippen LogP contribution is -2.19. The molecule has 0 radical (unpaired) electrons. The van der Waals surface area contributed by atoms with E-state index >= 15 is 0 Å². The van der Waals surface area contributed by atoms with Crippen LogP contribution in [0.1, 0.15) is 23.5 Å². The third-order valence-corrected chi connectivity index (χ3v) is 4.11.